The van der Waals surface area contributed by atoms with Crippen LogP contribution in [0.4, 0.5) is 4.79 Å². The molecule has 0 aromatic carbocycles. The van der Waals surface area contributed by atoms with E-state index in [4.69, 9.17) is 13.9 Å². The number of amides is 1. The number of hydrogen-bond donors (Lipinski definition) is 0. The summed E-state index contributed by atoms with van der Waals surface area (Å²) in [6, 6.07) is -0.409. The summed E-state index contributed by atoms with van der Waals surface area (Å²) in [6.07, 6.45) is 0.191. The maximum Gasteiger partial charge on any atom is 0.410 e. The fourth-order valence-corrected chi connectivity index (χ4v) is 3.23. The van der Waals surface area contributed by atoms with Crippen LogP contribution in [0.3, 0.4) is 0 Å². The molecule has 0 N–H and O–H groups in total. The van der Waals surface area contributed by atoms with E-state index in [0.717, 1.165) is 6.42 Å². The molecule has 0 aliphatic carbocycles. The van der Waals surface area contributed by atoms with E-state index in [2.05, 4.69) is 33.9 Å². The molecule has 0 aromatic heterocycles. The monoisotopic (exact) mass is 389 g/mol. The summed E-state index contributed by atoms with van der Waals surface area (Å²) < 4.78 is 17.4. The molecule has 26 heavy (non-hydrogen) atoms. The highest BCUT2D eigenvalue weighted by Gasteiger charge is 2.43. The SMILES string of the molecule is CCCC(C(OC(C)=O)O[Si](C)(C)C(C)(C)C)N(C)C(=O)OC(C)(C)C. The van der Waals surface area contributed by atoms with Crippen molar-refractivity contribution in [1.29, 1.82) is 0 Å². The number of carbonyl (C=O) groups is 2. The van der Waals surface area contributed by atoms with Crippen molar-refractivity contribution in [2.24, 2.45) is 0 Å². The smallest absolute Gasteiger partial charge is 0.410 e. The van der Waals surface area contributed by atoms with Crippen LogP contribution >= 0.6 is 0 Å². The lowest BCUT2D eigenvalue weighted by Crippen LogP contribution is -2.54. The molecule has 0 fully saturated rings. The number of hydrogen-bond acceptors (Lipinski definition) is 5. The third kappa shape index (κ3) is 8.08. The molecule has 0 rings (SSSR count). The summed E-state index contributed by atoms with van der Waals surface area (Å²) in [5.41, 5.74) is -0.598. The number of rotatable bonds is 7. The second-order valence-electron chi connectivity index (χ2n) is 9.30. The summed E-state index contributed by atoms with van der Waals surface area (Å²) >= 11 is 0. The molecule has 0 aliphatic heterocycles. The number of nitrogens with zero attached hydrogens (tertiary/aromatic N) is 1. The van der Waals surface area contributed by atoms with Gasteiger partial charge in [0.2, 0.25) is 6.29 Å². The molecule has 0 saturated heterocycles. The number of ether oxygens (including phenoxy) is 2. The van der Waals surface area contributed by atoms with Gasteiger partial charge in [0.25, 0.3) is 0 Å². The van der Waals surface area contributed by atoms with Crippen molar-refractivity contribution in [1.82, 2.24) is 4.90 Å². The highest BCUT2D eigenvalue weighted by atomic mass is 28.4. The Morgan fingerprint density at radius 2 is 1.58 bits per heavy atom. The first-order valence-corrected chi connectivity index (χ1v) is 12.2. The Morgan fingerprint density at radius 1 is 1.08 bits per heavy atom. The van der Waals surface area contributed by atoms with Crippen LogP contribution in [-0.2, 0) is 18.7 Å². The van der Waals surface area contributed by atoms with Crippen LogP contribution in [-0.4, -0.2) is 50.3 Å². The Hall–Kier alpha value is -1.08. The summed E-state index contributed by atoms with van der Waals surface area (Å²) in [7, 11) is -0.544. The van der Waals surface area contributed by atoms with Crippen molar-refractivity contribution in [3.8, 4) is 0 Å². The Labute approximate surface area is 160 Å². The van der Waals surface area contributed by atoms with Crippen LogP contribution in [0.5, 0.6) is 0 Å². The topological polar surface area (TPSA) is 65.1 Å². The van der Waals surface area contributed by atoms with E-state index in [-0.39, 0.29) is 5.04 Å². The van der Waals surface area contributed by atoms with Gasteiger partial charge in [-0.3, -0.25) is 4.79 Å². The van der Waals surface area contributed by atoms with Gasteiger partial charge in [-0.15, -0.1) is 0 Å². The standard InChI is InChI=1S/C19H39NO5Si/c1-12-13-15(20(9)17(22)24-18(3,4)5)16(23-14(2)21)25-26(10,11)19(6,7)8/h15-16H,12-13H2,1-11H3. The van der Waals surface area contributed by atoms with Gasteiger partial charge >= 0.3 is 12.1 Å². The fourth-order valence-electron chi connectivity index (χ4n) is 2.09. The van der Waals surface area contributed by atoms with Crippen molar-refractivity contribution >= 4 is 20.4 Å². The van der Waals surface area contributed by atoms with Crippen molar-refractivity contribution in [2.75, 3.05) is 7.05 Å². The molecule has 0 aliphatic rings. The van der Waals surface area contributed by atoms with E-state index < -0.39 is 38.3 Å². The highest BCUT2D eigenvalue weighted by Crippen LogP contribution is 2.38. The van der Waals surface area contributed by atoms with E-state index in [9.17, 15) is 9.59 Å². The molecule has 0 bridgehead atoms. The van der Waals surface area contributed by atoms with Crippen molar-refractivity contribution in [3.63, 3.8) is 0 Å². The van der Waals surface area contributed by atoms with Crippen LogP contribution < -0.4 is 0 Å². The van der Waals surface area contributed by atoms with Crippen molar-refractivity contribution in [2.45, 2.75) is 104 Å². The molecule has 0 aromatic rings. The van der Waals surface area contributed by atoms with Crippen molar-refractivity contribution < 1.29 is 23.5 Å². The Morgan fingerprint density at radius 3 is 1.92 bits per heavy atom. The summed E-state index contributed by atoms with van der Waals surface area (Å²) in [6.45, 7) is 19.4. The predicted molar refractivity (Wildman–Crippen MR) is 107 cm³/mol. The minimum absolute atomic E-state index is 0.0490. The highest BCUT2D eigenvalue weighted by molar-refractivity contribution is 6.74. The first kappa shape index (κ1) is 24.9. The van der Waals surface area contributed by atoms with Crippen LogP contribution in [0.1, 0.15) is 68.2 Å². The third-order valence-electron chi connectivity index (χ3n) is 4.58. The van der Waals surface area contributed by atoms with Gasteiger partial charge in [0.1, 0.15) is 5.60 Å². The number of esters is 1. The Bertz CT molecular complexity index is 479. The second-order valence-corrected chi connectivity index (χ2v) is 14.1. The van der Waals surface area contributed by atoms with Gasteiger partial charge in [-0.05, 0) is 45.3 Å². The average molecular weight is 390 g/mol. The van der Waals surface area contributed by atoms with E-state index in [0.29, 0.717) is 6.42 Å². The normalized spacial score (nSPS) is 15.2. The molecule has 1 amide bonds. The van der Waals surface area contributed by atoms with Gasteiger partial charge in [0.15, 0.2) is 8.32 Å². The molecular formula is C19H39NO5Si. The first-order chi connectivity index (χ1) is 11.5. The molecule has 0 heterocycles. The minimum atomic E-state index is -2.21. The van der Waals surface area contributed by atoms with Gasteiger partial charge < -0.3 is 18.8 Å². The second kappa shape index (κ2) is 9.22. The molecule has 2 unspecified atom stereocenters. The minimum Gasteiger partial charge on any atom is -0.444 e. The van der Waals surface area contributed by atoms with E-state index in [1.807, 2.05) is 27.7 Å². The Kier molecular flexibility index (Phi) is 8.83. The van der Waals surface area contributed by atoms with Crippen LogP contribution in [0.25, 0.3) is 0 Å². The molecule has 0 radical (unpaired) electrons. The number of likely N-dealkylation sites (N-methyl/N-ethyl adjacent to an activating group) is 1. The van der Waals surface area contributed by atoms with Crippen LogP contribution in [0.15, 0.2) is 0 Å². The molecule has 0 spiro atoms. The molecule has 0 saturated carbocycles. The summed E-state index contributed by atoms with van der Waals surface area (Å²) in [5, 5.41) is -0.0490. The lowest BCUT2D eigenvalue weighted by Gasteiger charge is -2.42. The summed E-state index contributed by atoms with van der Waals surface area (Å²) in [5.74, 6) is -0.424. The lowest BCUT2D eigenvalue weighted by molar-refractivity contribution is -0.172. The maximum atomic E-state index is 12.5. The van der Waals surface area contributed by atoms with Gasteiger partial charge in [-0.25, -0.2) is 4.79 Å². The predicted octanol–water partition coefficient (Wildman–Crippen LogP) is 4.93. The molecule has 7 heteroatoms. The summed E-state index contributed by atoms with van der Waals surface area (Å²) in [4.78, 5) is 25.7. The van der Waals surface area contributed by atoms with Crippen LogP contribution in [0, 0.1) is 0 Å². The molecule has 154 valence electrons. The van der Waals surface area contributed by atoms with Gasteiger partial charge in [-0.2, -0.15) is 0 Å². The fraction of sp³-hybridized carbons (Fsp3) is 0.895. The van der Waals surface area contributed by atoms with Gasteiger partial charge in [0.05, 0.1) is 6.04 Å². The van der Waals surface area contributed by atoms with E-state index >= 15 is 0 Å². The largest absolute Gasteiger partial charge is 0.444 e. The van der Waals surface area contributed by atoms with Gasteiger partial charge in [0, 0.05) is 14.0 Å². The zero-order valence-corrected chi connectivity index (χ0v) is 19.6. The average Bonchev–Trinajstić information content (AvgIpc) is 2.39. The lowest BCUT2D eigenvalue weighted by atomic mass is 10.1. The van der Waals surface area contributed by atoms with E-state index in [1.165, 1.54) is 11.8 Å². The van der Waals surface area contributed by atoms with Gasteiger partial charge in [-0.1, -0.05) is 34.1 Å². The van der Waals surface area contributed by atoms with Crippen LogP contribution in [0.2, 0.25) is 18.1 Å². The maximum absolute atomic E-state index is 12.5. The molecular weight excluding hydrogens is 350 g/mol. The molecule has 2 atom stereocenters. The first-order valence-electron chi connectivity index (χ1n) is 9.32. The zero-order valence-electron chi connectivity index (χ0n) is 18.6. The van der Waals surface area contributed by atoms with E-state index in [1.54, 1.807) is 7.05 Å². The quantitative estimate of drug-likeness (QED) is 0.351. The number of carbonyl (C=O) groups excluding carboxylic acids is 2. The van der Waals surface area contributed by atoms with Crippen molar-refractivity contribution in [3.05, 3.63) is 0 Å². The molecule has 6 nitrogen and oxygen atoms in total. The Balaban J connectivity index is 5.66. The zero-order chi connectivity index (χ0) is 20.9. The third-order valence-corrected chi connectivity index (χ3v) is 9.01.